The van der Waals surface area contributed by atoms with Crippen LogP contribution in [0, 0.1) is 0 Å². The van der Waals surface area contributed by atoms with E-state index in [1.807, 2.05) is 19.9 Å². The summed E-state index contributed by atoms with van der Waals surface area (Å²) in [6.07, 6.45) is -0.0226. The molecule has 0 saturated carbocycles. The summed E-state index contributed by atoms with van der Waals surface area (Å²) in [6.45, 7) is 3.51. The van der Waals surface area contributed by atoms with Crippen LogP contribution in [0.4, 0.5) is 5.69 Å². The molecule has 0 aromatic heterocycles. The Morgan fingerprint density at radius 1 is 0.865 bits per heavy atom. The zero-order chi connectivity index (χ0) is 27.0. The molecule has 0 radical (unpaired) electrons. The number of carbonyl (C=O) groups excluding carboxylic acids is 1. The van der Waals surface area contributed by atoms with Crippen molar-refractivity contribution in [2.24, 2.45) is 0 Å². The number of amides is 1. The lowest BCUT2D eigenvalue weighted by atomic mass is 10.2. The number of nitrogens with one attached hydrogen (secondary N) is 1. The minimum Gasteiger partial charge on any atom is -0.497 e. The van der Waals surface area contributed by atoms with Gasteiger partial charge in [-0.2, -0.15) is 0 Å². The van der Waals surface area contributed by atoms with Crippen LogP contribution in [-0.2, 0) is 21.4 Å². The van der Waals surface area contributed by atoms with Gasteiger partial charge in [-0.25, -0.2) is 8.42 Å². The van der Waals surface area contributed by atoms with Crippen molar-refractivity contribution in [1.29, 1.82) is 0 Å². The molecule has 3 rings (SSSR count). The predicted octanol–water partition coefficient (Wildman–Crippen LogP) is 4.01. The van der Waals surface area contributed by atoms with E-state index in [1.165, 1.54) is 32.4 Å². The normalized spacial score (nSPS) is 11.1. The van der Waals surface area contributed by atoms with Crippen LogP contribution in [0.3, 0.4) is 0 Å². The van der Waals surface area contributed by atoms with Gasteiger partial charge in [0.25, 0.3) is 10.0 Å². The Kier molecular flexibility index (Phi) is 9.24. The third-order valence-corrected chi connectivity index (χ3v) is 7.13. The van der Waals surface area contributed by atoms with E-state index in [0.29, 0.717) is 17.2 Å². The Morgan fingerprint density at radius 3 is 2.16 bits per heavy atom. The van der Waals surface area contributed by atoms with Crippen molar-refractivity contribution in [2.45, 2.75) is 31.4 Å². The van der Waals surface area contributed by atoms with Gasteiger partial charge in [0, 0.05) is 12.6 Å². The number of sulfonamides is 1. The molecule has 9 nitrogen and oxygen atoms in total. The number of nitrogens with zero attached hydrogens (tertiary/aromatic N) is 1. The third-order valence-electron chi connectivity index (χ3n) is 5.35. The lowest BCUT2D eigenvalue weighted by Crippen LogP contribution is -2.40. The van der Waals surface area contributed by atoms with E-state index in [2.05, 4.69) is 5.32 Å². The van der Waals surface area contributed by atoms with Gasteiger partial charge in [0.15, 0.2) is 11.5 Å². The first-order valence-electron chi connectivity index (χ1n) is 11.6. The van der Waals surface area contributed by atoms with Gasteiger partial charge in [-0.3, -0.25) is 9.10 Å². The fourth-order valence-corrected chi connectivity index (χ4v) is 5.02. The largest absolute Gasteiger partial charge is 0.497 e. The number of ether oxygens (including phenoxy) is 4. The lowest BCUT2D eigenvalue weighted by Gasteiger charge is -2.26. The minimum absolute atomic E-state index is 0.0226. The second-order valence-corrected chi connectivity index (χ2v) is 10.2. The molecule has 0 heterocycles. The maximum atomic E-state index is 13.6. The molecule has 0 spiro atoms. The Balaban J connectivity index is 1.88. The van der Waals surface area contributed by atoms with Crippen molar-refractivity contribution >= 4 is 21.6 Å². The maximum absolute atomic E-state index is 13.6. The Hall–Kier alpha value is -3.92. The number of carbonyl (C=O) groups is 1. The van der Waals surface area contributed by atoms with Crippen LogP contribution >= 0.6 is 0 Å². The maximum Gasteiger partial charge on any atom is 0.264 e. The topological polar surface area (TPSA) is 103 Å². The highest BCUT2D eigenvalue weighted by Crippen LogP contribution is 2.35. The molecule has 0 fully saturated rings. The van der Waals surface area contributed by atoms with Crippen molar-refractivity contribution in [3.8, 4) is 23.0 Å². The fourth-order valence-electron chi connectivity index (χ4n) is 3.57. The first-order chi connectivity index (χ1) is 17.7. The minimum atomic E-state index is -4.12. The molecule has 0 atom stereocenters. The van der Waals surface area contributed by atoms with Crippen LogP contribution in [0.1, 0.15) is 19.4 Å². The molecule has 3 aromatic rings. The molecule has 0 saturated heterocycles. The molecule has 1 amide bonds. The summed E-state index contributed by atoms with van der Waals surface area (Å²) in [5, 5.41) is 2.79. The van der Waals surface area contributed by atoms with E-state index in [4.69, 9.17) is 18.9 Å². The summed E-state index contributed by atoms with van der Waals surface area (Å²) < 4.78 is 50.1. The highest BCUT2D eigenvalue weighted by atomic mass is 32.2. The molecule has 0 aliphatic carbocycles. The molecule has 198 valence electrons. The second kappa shape index (κ2) is 12.4. The van der Waals surface area contributed by atoms with Gasteiger partial charge in [-0.05, 0) is 55.8 Å². The summed E-state index contributed by atoms with van der Waals surface area (Å²) in [4.78, 5) is 13.1. The van der Waals surface area contributed by atoms with E-state index in [1.54, 1.807) is 49.6 Å². The second-order valence-electron chi connectivity index (χ2n) is 8.29. The average molecular weight is 529 g/mol. The molecule has 0 unspecified atom stereocenters. The quantitative estimate of drug-likeness (QED) is 0.379. The Bertz CT molecular complexity index is 1310. The van der Waals surface area contributed by atoms with Crippen molar-refractivity contribution in [2.75, 3.05) is 32.2 Å². The summed E-state index contributed by atoms with van der Waals surface area (Å²) in [5.74, 6) is 1.32. The van der Waals surface area contributed by atoms with Gasteiger partial charge in [0.2, 0.25) is 5.91 Å². The molecule has 0 bridgehead atoms. The summed E-state index contributed by atoms with van der Waals surface area (Å²) >= 11 is 0. The molecule has 0 aliphatic rings. The smallest absolute Gasteiger partial charge is 0.264 e. The SMILES string of the molecule is COc1ccc(OC)c(N(CC(=O)NCc2ccc(OC(C)C)c(OC)c2)S(=O)(=O)c2ccccc2)c1. The van der Waals surface area contributed by atoms with Crippen LogP contribution in [0.5, 0.6) is 23.0 Å². The molecular formula is C27H32N2O7S. The van der Waals surface area contributed by atoms with E-state index in [-0.39, 0.29) is 29.0 Å². The highest BCUT2D eigenvalue weighted by molar-refractivity contribution is 7.92. The van der Waals surface area contributed by atoms with Gasteiger partial charge < -0.3 is 24.3 Å². The number of benzene rings is 3. The third kappa shape index (κ3) is 6.85. The number of hydrogen-bond donors (Lipinski definition) is 1. The zero-order valence-corrected chi connectivity index (χ0v) is 22.4. The van der Waals surface area contributed by atoms with Gasteiger partial charge in [-0.1, -0.05) is 24.3 Å². The van der Waals surface area contributed by atoms with Gasteiger partial charge >= 0.3 is 0 Å². The molecule has 0 aliphatic heterocycles. The van der Waals surface area contributed by atoms with Crippen LogP contribution < -0.4 is 28.6 Å². The number of anilines is 1. The van der Waals surface area contributed by atoms with Crippen molar-refractivity contribution in [1.82, 2.24) is 5.32 Å². The predicted molar refractivity (Wildman–Crippen MR) is 141 cm³/mol. The molecular weight excluding hydrogens is 496 g/mol. The van der Waals surface area contributed by atoms with Gasteiger partial charge in [-0.15, -0.1) is 0 Å². The van der Waals surface area contributed by atoms with Crippen molar-refractivity contribution in [3.05, 3.63) is 72.3 Å². The monoisotopic (exact) mass is 528 g/mol. The molecule has 37 heavy (non-hydrogen) atoms. The number of rotatable bonds is 12. The summed E-state index contributed by atoms with van der Waals surface area (Å²) in [7, 11) is 0.325. The van der Waals surface area contributed by atoms with E-state index < -0.39 is 22.5 Å². The van der Waals surface area contributed by atoms with Crippen molar-refractivity contribution < 1.29 is 32.2 Å². The molecule has 10 heteroatoms. The standard InChI is InChI=1S/C27H32N2O7S/c1-19(2)36-25-13-11-20(15-26(25)35-5)17-28-27(30)18-29(37(31,32)22-9-7-6-8-10-22)23-16-21(33-3)12-14-24(23)34-4/h6-16,19H,17-18H2,1-5H3,(H,28,30). The van der Waals surface area contributed by atoms with Crippen LogP contribution in [0.2, 0.25) is 0 Å². The summed E-state index contributed by atoms with van der Waals surface area (Å²) in [6, 6.07) is 18.0. The van der Waals surface area contributed by atoms with Crippen LogP contribution in [-0.4, -0.2) is 48.3 Å². The van der Waals surface area contributed by atoms with E-state index in [9.17, 15) is 13.2 Å². The molecule has 3 aromatic carbocycles. The first kappa shape index (κ1) is 27.7. The van der Waals surface area contributed by atoms with Crippen LogP contribution in [0.25, 0.3) is 0 Å². The number of methoxy groups -OCH3 is 3. The van der Waals surface area contributed by atoms with Crippen molar-refractivity contribution in [3.63, 3.8) is 0 Å². The number of hydrogen-bond acceptors (Lipinski definition) is 7. The van der Waals surface area contributed by atoms with Gasteiger partial charge in [0.05, 0.1) is 38.0 Å². The van der Waals surface area contributed by atoms with E-state index in [0.717, 1.165) is 9.87 Å². The fraction of sp³-hybridized carbons (Fsp3) is 0.296. The Labute approximate surface area is 218 Å². The van der Waals surface area contributed by atoms with Crippen LogP contribution in [0.15, 0.2) is 71.6 Å². The zero-order valence-electron chi connectivity index (χ0n) is 21.6. The highest BCUT2D eigenvalue weighted by Gasteiger charge is 2.30. The molecule has 1 N–H and O–H groups in total. The average Bonchev–Trinajstić information content (AvgIpc) is 2.90. The first-order valence-corrected chi connectivity index (χ1v) is 13.0. The van der Waals surface area contributed by atoms with Gasteiger partial charge in [0.1, 0.15) is 18.0 Å². The summed E-state index contributed by atoms with van der Waals surface area (Å²) in [5.41, 5.74) is 0.940. The lowest BCUT2D eigenvalue weighted by molar-refractivity contribution is -0.119. The Morgan fingerprint density at radius 2 is 1.54 bits per heavy atom. The van der Waals surface area contributed by atoms with E-state index >= 15 is 0 Å².